The molecule has 0 fully saturated rings. The first-order valence-electron chi connectivity index (χ1n) is 7.84. The summed E-state index contributed by atoms with van der Waals surface area (Å²) in [5.41, 5.74) is 2.16. The summed E-state index contributed by atoms with van der Waals surface area (Å²) in [6, 6.07) is 13.5. The molecule has 0 amide bonds. The largest absolute Gasteiger partial charge is 0.337 e. The fourth-order valence-electron chi connectivity index (χ4n) is 2.68. The molecule has 0 saturated heterocycles. The molecule has 3 aromatic rings. The highest BCUT2D eigenvalue weighted by Gasteiger charge is 2.18. The quantitative estimate of drug-likeness (QED) is 0.428. The first-order valence-corrected chi connectivity index (χ1v) is 8.97. The van der Waals surface area contributed by atoms with Gasteiger partial charge in [0.05, 0.1) is 6.33 Å². The lowest BCUT2D eigenvalue weighted by molar-refractivity contribution is -0.742. The number of hydrogen-bond donors (Lipinski definition) is 1. The Balaban J connectivity index is 0.000000596. The second-order valence-corrected chi connectivity index (χ2v) is 6.91. The Hall–Kier alpha value is -2.28. The second kappa shape index (κ2) is 10.2. The Morgan fingerprint density at radius 3 is 2.44 bits per heavy atom. The van der Waals surface area contributed by atoms with Gasteiger partial charge in [-0.3, -0.25) is 0 Å². The Bertz CT molecular complexity index is 885. The van der Waals surface area contributed by atoms with Crippen molar-refractivity contribution < 1.29 is 10.3 Å². The highest BCUT2D eigenvalue weighted by atomic mass is 35.5. The van der Waals surface area contributed by atoms with E-state index in [1.165, 1.54) is 0 Å². The van der Waals surface area contributed by atoms with E-state index in [0.29, 0.717) is 10.0 Å². The molecule has 1 aromatic heterocycles. The maximum Gasteiger partial charge on any atom is 0.291 e. The Kier molecular flexibility index (Phi) is 7.91. The summed E-state index contributed by atoms with van der Waals surface area (Å²) in [4.78, 5) is 12.5. The fourth-order valence-corrected chi connectivity index (χ4v) is 3.46. The van der Waals surface area contributed by atoms with Gasteiger partial charge in [-0.1, -0.05) is 59.1 Å². The maximum atomic E-state index is 8.36. The molecule has 9 heteroatoms. The van der Waals surface area contributed by atoms with Crippen LogP contribution in [0.25, 0.3) is 0 Å². The predicted octanol–water partition coefficient (Wildman–Crippen LogP) is 5.52. The van der Waals surface area contributed by atoms with Crippen molar-refractivity contribution in [2.45, 2.75) is 18.9 Å². The normalized spacial score (nSPS) is 11.4. The molecule has 3 rings (SSSR count). The molecule has 0 saturated carbocycles. The monoisotopic (exact) mass is 427 g/mol. The average molecular weight is 429 g/mol. The van der Waals surface area contributed by atoms with E-state index in [4.69, 9.17) is 50.1 Å². The molecule has 1 atom stereocenters. The van der Waals surface area contributed by atoms with Crippen molar-refractivity contribution in [2.75, 3.05) is 0 Å². The first-order chi connectivity index (χ1) is 12.9. The lowest BCUT2D eigenvalue weighted by Crippen LogP contribution is -2.12. The zero-order chi connectivity index (χ0) is 19.8. The van der Waals surface area contributed by atoms with Crippen molar-refractivity contribution in [1.82, 2.24) is 9.55 Å². The van der Waals surface area contributed by atoms with Crippen LogP contribution in [-0.4, -0.2) is 19.8 Å². The van der Waals surface area contributed by atoms with Gasteiger partial charge in [-0.2, -0.15) is 0 Å². The number of rotatable bonds is 5. The van der Waals surface area contributed by atoms with Gasteiger partial charge in [-0.05, 0) is 35.7 Å². The molecule has 142 valence electrons. The first kappa shape index (κ1) is 21.0. The molecule has 0 aliphatic rings. The van der Waals surface area contributed by atoms with Gasteiger partial charge in [0.2, 0.25) is 0 Å². The highest BCUT2D eigenvalue weighted by molar-refractivity contribution is 6.35. The Labute approximate surface area is 171 Å². The molecule has 2 aromatic carbocycles. The van der Waals surface area contributed by atoms with Gasteiger partial charge in [0.1, 0.15) is 0 Å². The van der Waals surface area contributed by atoms with Gasteiger partial charge in [0, 0.05) is 39.9 Å². The van der Waals surface area contributed by atoms with Crippen LogP contribution in [0.1, 0.15) is 17.0 Å². The number of imidazole rings is 1. The third kappa shape index (κ3) is 6.75. The summed E-state index contributed by atoms with van der Waals surface area (Å²) in [5.74, 6) is 0.175. The van der Waals surface area contributed by atoms with Crippen LogP contribution in [0.5, 0.6) is 0 Å². The third-order valence-electron chi connectivity index (χ3n) is 3.82. The standard InChI is InChI=1S/C18H15Cl3N2.HNO3/c19-15-5-6-16(18(21)10-15)14(11-23-8-7-22-12-23)9-13-3-1-2-4-17(13)20;2-1(3)4/h1-8,10,12,14H,9,11H2;(H,2,3,4). The third-order valence-corrected chi connectivity index (χ3v) is 4.75. The van der Waals surface area contributed by atoms with Crippen molar-refractivity contribution in [1.29, 1.82) is 0 Å². The second-order valence-electron chi connectivity index (χ2n) is 5.66. The molecule has 27 heavy (non-hydrogen) atoms. The van der Waals surface area contributed by atoms with E-state index < -0.39 is 5.09 Å². The van der Waals surface area contributed by atoms with Crippen LogP contribution < -0.4 is 0 Å². The zero-order valence-electron chi connectivity index (χ0n) is 14.0. The summed E-state index contributed by atoms with van der Waals surface area (Å²) < 4.78 is 2.05. The highest BCUT2D eigenvalue weighted by Crippen LogP contribution is 2.32. The van der Waals surface area contributed by atoms with E-state index in [-0.39, 0.29) is 5.92 Å². The van der Waals surface area contributed by atoms with Crippen LogP contribution in [0.15, 0.2) is 61.2 Å². The molecular weight excluding hydrogens is 413 g/mol. The summed E-state index contributed by atoms with van der Waals surface area (Å²) in [6.07, 6.45) is 6.32. The van der Waals surface area contributed by atoms with E-state index >= 15 is 0 Å². The summed E-state index contributed by atoms with van der Waals surface area (Å²) in [6.45, 7) is 0.770. The van der Waals surface area contributed by atoms with Crippen LogP contribution >= 0.6 is 34.8 Å². The lowest BCUT2D eigenvalue weighted by Gasteiger charge is -2.20. The minimum Gasteiger partial charge on any atom is -0.337 e. The topological polar surface area (TPSA) is 81.2 Å². The molecular formula is C18H16Cl3N3O3. The summed E-state index contributed by atoms with van der Waals surface area (Å²) in [5, 5.41) is 15.7. The van der Waals surface area contributed by atoms with Gasteiger partial charge in [-0.15, -0.1) is 10.1 Å². The van der Waals surface area contributed by atoms with Gasteiger partial charge in [0.25, 0.3) is 5.09 Å². The molecule has 0 spiro atoms. The predicted molar refractivity (Wildman–Crippen MR) is 105 cm³/mol. The molecule has 1 unspecified atom stereocenters. The Morgan fingerprint density at radius 2 is 1.85 bits per heavy atom. The van der Waals surface area contributed by atoms with E-state index in [1.807, 2.05) is 53.5 Å². The van der Waals surface area contributed by atoms with E-state index in [9.17, 15) is 0 Å². The van der Waals surface area contributed by atoms with Crippen molar-refractivity contribution >= 4 is 34.8 Å². The van der Waals surface area contributed by atoms with E-state index in [1.54, 1.807) is 12.3 Å². The molecule has 1 heterocycles. The molecule has 1 N–H and O–H groups in total. The minimum atomic E-state index is -1.50. The van der Waals surface area contributed by atoms with Crippen molar-refractivity contribution in [2.24, 2.45) is 0 Å². The van der Waals surface area contributed by atoms with Crippen molar-refractivity contribution in [3.05, 3.63) is 97.5 Å². The number of aromatic nitrogens is 2. The number of hydrogen-bond acceptors (Lipinski definition) is 3. The van der Waals surface area contributed by atoms with Gasteiger partial charge < -0.3 is 9.77 Å². The van der Waals surface area contributed by atoms with E-state index in [0.717, 1.165) is 29.1 Å². The summed E-state index contributed by atoms with van der Waals surface area (Å²) in [7, 11) is 0. The van der Waals surface area contributed by atoms with Crippen LogP contribution in [0, 0.1) is 10.1 Å². The zero-order valence-corrected chi connectivity index (χ0v) is 16.3. The van der Waals surface area contributed by atoms with Gasteiger partial charge >= 0.3 is 0 Å². The SMILES string of the molecule is Clc1ccc(C(Cc2ccccc2Cl)Cn2ccnc2)c(Cl)c1.O=[N+]([O-])O. The smallest absolute Gasteiger partial charge is 0.291 e. The molecule has 0 aliphatic heterocycles. The number of halogens is 3. The van der Waals surface area contributed by atoms with Crippen LogP contribution in [0.3, 0.4) is 0 Å². The molecule has 6 nitrogen and oxygen atoms in total. The number of benzene rings is 2. The Morgan fingerprint density at radius 1 is 1.15 bits per heavy atom. The van der Waals surface area contributed by atoms with Gasteiger partial charge in [-0.25, -0.2) is 4.98 Å². The maximum absolute atomic E-state index is 8.36. The molecule has 0 aliphatic carbocycles. The number of nitrogens with zero attached hydrogens (tertiary/aromatic N) is 3. The van der Waals surface area contributed by atoms with Crippen molar-refractivity contribution in [3.63, 3.8) is 0 Å². The van der Waals surface area contributed by atoms with Crippen LogP contribution in [0.2, 0.25) is 15.1 Å². The fraction of sp³-hybridized carbons (Fsp3) is 0.167. The van der Waals surface area contributed by atoms with Crippen molar-refractivity contribution in [3.8, 4) is 0 Å². The molecule has 0 radical (unpaired) electrons. The van der Waals surface area contributed by atoms with Crippen LogP contribution in [0.4, 0.5) is 0 Å². The average Bonchev–Trinajstić information content (AvgIpc) is 3.09. The minimum absolute atomic E-state index is 0.175. The van der Waals surface area contributed by atoms with Gasteiger partial charge in [0.15, 0.2) is 0 Å². The summed E-state index contributed by atoms with van der Waals surface area (Å²) >= 11 is 18.8. The molecule has 0 bridgehead atoms. The van der Waals surface area contributed by atoms with E-state index in [2.05, 4.69) is 4.98 Å². The lowest BCUT2D eigenvalue weighted by atomic mass is 9.91. The van der Waals surface area contributed by atoms with Crippen LogP contribution in [-0.2, 0) is 13.0 Å².